The maximum Gasteiger partial charge on any atom is 0.416 e. The number of nitrogens with zero attached hydrogens (tertiary/aromatic N) is 4. The summed E-state index contributed by atoms with van der Waals surface area (Å²) in [5.41, 5.74) is 9.70. The Balaban J connectivity index is 1.73. The van der Waals surface area contributed by atoms with Gasteiger partial charge in [0.05, 0.1) is 23.4 Å². The fourth-order valence-electron chi connectivity index (χ4n) is 4.99. The van der Waals surface area contributed by atoms with Gasteiger partial charge < -0.3 is 15.4 Å². The summed E-state index contributed by atoms with van der Waals surface area (Å²) >= 11 is 0. The standard InChI is InChI=1S/C29H34F3N5O2/c1-17-9-10-22(29(30,31)32)13-24(17)39-16-23-21(5)34-27(26-18(2)7-6-8-19(26)3)35-28(23)37-12-11-36(15-25(33)38)20(4)14-37/h6-10,13,20H,11-12,14-16H2,1-5H3,(H2,33,38). The second-order valence-corrected chi connectivity index (χ2v) is 10.2. The maximum atomic E-state index is 13.3. The number of aromatic nitrogens is 2. The molecule has 2 N–H and O–H groups in total. The molecule has 1 saturated heterocycles. The van der Waals surface area contributed by atoms with Crippen LogP contribution in [-0.2, 0) is 17.6 Å². The zero-order valence-electron chi connectivity index (χ0n) is 22.9. The number of primary amides is 1. The van der Waals surface area contributed by atoms with Crippen molar-refractivity contribution in [3.63, 3.8) is 0 Å². The molecule has 2 aromatic carbocycles. The van der Waals surface area contributed by atoms with E-state index in [4.69, 9.17) is 20.4 Å². The zero-order valence-corrected chi connectivity index (χ0v) is 22.9. The Morgan fingerprint density at radius 1 is 1.05 bits per heavy atom. The van der Waals surface area contributed by atoms with Crippen LogP contribution >= 0.6 is 0 Å². The molecule has 1 unspecified atom stereocenters. The van der Waals surface area contributed by atoms with Crippen molar-refractivity contribution in [3.05, 3.63) is 69.9 Å². The summed E-state index contributed by atoms with van der Waals surface area (Å²) in [5.74, 6) is 1.05. The summed E-state index contributed by atoms with van der Waals surface area (Å²) in [6.45, 7) is 11.6. The van der Waals surface area contributed by atoms with Gasteiger partial charge in [-0.1, -0.05) is 24.3 Å². The Hall–Kier alpha value is -3.66. The van der Waals surface area contributed by atoms with Crippen molar-refractivity contribution in [1.82, 2.24) is 14.9 Å². The number of ether oxygens (including phenoxy) is 1. The molecule has 0 spiro atoms. The van der Waals surface area contributed by atoms with Gasteiger partial charge in [-0.25, -0.2) is 9.97 Å². The third-order valence-electron chi connectivity index (χ3n) is 7.21. The number of hydrogen-bond acceptors (Lipinski definition) is 6. The van der Waals surface area contributed by atoms with Crippen LogP contribution < -0.4 is 15.4 Å². The number of benzene rings is 2. The van der Waals surface area contributed by atoms with Gasteiger partial charge in [0, 0.05) is 31.2 Å². The fraction of sp³-hybridized carbons (Fsp3) is 0.414. The molecule has 1 atom stereocenters. The van der Waals surface area contributed by atoms with Gasteiger partial charge in [0.25, 0.3) is 0 Å². The number of nitrogens with two attached hydrogens (primary N) is 1. The number of carbonyl (C=O) groups excluding carboxylic acids is 1. The lowest BCUT2D eigenvalue weighted by molar-refractivity contribution is -0.137. The number of halogens is 3. The normalized spacial score (nSPS) is 16.4. The lowest BCUT2D eigenvalue weighted by Gasteiger charge is -2.40. The molecule has 208 valence electrons. The van der Waals surface area contributed by atoms with Crippen LogP contribution in [0.5, 0.6) is 5.75 Å². The SMILES string of the molecule is Cc1ccc(C(F)(F)F)cc1OCc1c(C)nc(-c2c(C)cccc2C)nc1N1CCN(CC(N)=O)C(C)C1. The summed E-state index contributed by atoms with van der Waals surface area (Å²) in [7, 11) is 0. The molecular weight excluding hydrogens is 507 g/mol. The Kier molecular flexibility index (Phi) is 8.15. The third kappa shape index (κ3) is 6.33. The molecular formula is C29H34F3N5O2. The molecule has 0 saturated carbocycles. The number of rotatable bonds is 7. The predicted molar refractivity (Wildman–Crippen MR) is 145 cm³/mol. The molecule has 4 rings (SSSR count). The van der Waals surface area contributed by atoms with E-state index >= 15 is 0 Å². The lowest BCUT2D eigenvalue weighted by atomic mass is 10.0. The average Bonchev–Trinajstić information content (AvgIpc) is 2.84. The van der Waals surface area contributed by atoms with E-state index in [1.807, 2.05) is 50.8 Å². The van der Waals surface area contributed by atoms with Crippen LogP contribution in [-0.4, -0.2) is 53.0 Å². The second kappa shape index (κ2) is 11.2. The smallest absolute Gasteiger partial charge is 0.416 e. The minimum atomic E-state index is -4.47. The van der Waals surface area contributed by atoms with Crippen molar-refractivity contribution >= 4 is 11.7 Å². The topological polar surface area (TPSA) is 84.6 Å². The van der Waals surface area contributed by atoms with Crippen molar-refractivity contribution in [2.24, 2.45) is 5.73 Å². The first-order chi connectivity index (χ1) is 18.3. The van der Waals surface area contributed by atoms with Crippen molar-refractivity contribution in [2.75, 3.05) is 31.1 Å². The van der Waals surface area contributed by atoms with E-state index in [2.05, 4.69) is 4.90 Å². The van der Waals surface area contributed by atoms with Crippen molar-refractivity contribution in [1.29, 1.82) is 0 Å². The van der Waals surface area contributed by atoms with E-state index in [1.165, 1.54) is 6.07 Å². The first kappa shape index (κ1) is 28.4. The summed E-state index contributed by atoms with van der Waals surface area (Å²) in [5, 5.41) is 0. The van der Waals surface area contributed by atoms with Gasteiger partial charge in [0.2, 0.25) is 5.91 Å². The molecule has 0 bridgehead atoms. The highest BCUT2D eigenvalue weighted by Gasteiger charge is 2.32. The molecule has 1 aliphatic rings. The van der Waals surface area contributed by atoms with Crippen LogP contribution in [0.4, 0.5) is 19.0 Å². The minimum Gasteiger partial charge on any atom is -0.488 e. The van der Waals surface area contributed by atoms with Crippen LogP contribution in [0, 0.1) is 27.7 Å². The molecule has 1 aromatic heterocycles. The van der Waals surface area contributed by atoms with Crippen LogP contribution in [0.25, 0.3) is 11.4 Å². The molecule has 39 heavy (non-hydrogen) atoms. The van der Waals surface area contributed by atoms with Crippen LogP contribution in [0.15, 0.2) is 36.4 Å². The molecule has 7 nitrogen and oxygen atoms in total. The molecule has 1 fully saturated rings. The summed E-state index contributed by atoms with van der Waals surface area (Å²) in [4.78, 5) is 25.5. The van der Waals surface area contributed by atoms with Crippen LogP contribution in [0.3, 0.4) is 0 Å². The Morgan fingerprint density at radius 3 is 2.36 bits per heavy atom. The van der Waals surface area contributed by atoms with Crippen molar-refractivity contribution in [3.8, 4) is 17.1 Å². The number of alkyl halides is 3. The molecule has 0 radical (unpaired) electrons. The highest BCUT2D eigenvalue weighted by atomic mass is 19.4. The van der Waals surface area contributed by atoms with E-state index in [-0.39, 0.29) is 30.9 Å². The minimum absolute atomic E-state index is 0.00618. The van der Waals surface area contributed by atoms with Gasteiger partial charge in [-0.2, -0.15) is 13.2 Å². The van der Waals surface area contributed by atoms with E-state index in [0.717, 1.165) is 28.8 Å². The fourth-order valence-corrected chi connectivity index (χ4v) is 4.99. The highest BCUT2D eigenvalue weighted by Crippen LogP contribution is 2.35. The van der Waals surface area contributed by atoms with E-state index in [9.17, 15) is 18.0 Å². The number of hydrogen-bond donors (Lipinski definition) is 1. The maximum absolute atomic E-state index is 13.3. The molecule has 2 heterocycles. The average molecular weight is 542 g/mol. The third-order valence-corrected chi connectivity index (χ3v) is 7.21. The zero-order chi connectivity index (χ0) is 28.5. The van der Waals surface area contributed by atoms with Gasteiger partial charge in [0.1, 0.15) is 18.2 Å². The number of aryl methyl sites for hydroxylation is 4. The van der Waals surface area contributed by atoms with Gasteiger partial charge in [-0.05, 0) is 63.4 Å². The van der Waals surface area contributed by atoms with Crippen LogP contribution in [0.1, 0.15) is 40.4 Å². The molecule has 0 aliphatic carbocycles. The van der Waals surface area contributed by atoms with E-state index in [1.54, 1.807) is 6.92 Å². The largest absolute Gasteiger partial charge is 0.488 e. The molecule has 1 amide bonds. The van der Waals surface area contributed by atoms with Gasteiger partial charge in [-0.15, -0.1) is 0 Å². The van der Waals surface area contributed by atoms with Crippen molar-refractivity contribution in [2.45, 2.75) is 53.4 Å². The van der Waals surface area contributed by atoms with E-state index in [0.29, 0.717) is 48.1 Å². The van der Waals surface area contributed by atoms with Gasteiger partial charge in [-0.3, -0.25) is 9.69 Å². The predicted octanol–water partition coefficient (Wildman–Crippen LogP) is 4.97. The van der Waals surface area contributed by atoms with Crippen molar-refractivity contribution < 1.29 is 22.7 Å². The lowest BCUT2D eigenvalue weighted by Crippen LogP contribution is -2.54. The summed E-state index contributed by atoms with van der Waals surface area (Å²) in [6.07, 6.45) is -4.47. The second-order valence-electron chi connectivity index (χ2n) is 10.2. The Bertz CT molecular complexity index is 1360. The molecule has 1 aliphatic heterocycles. The first-order valence-electron chi connectivity index (χ1n) is 12.9. The number of amides is 1. The Labute approximate surface area is 226 Å². The summed E-state index contributed by atoms with van der Waals surface area (Å²) in [6, 6.07) is 9.53. The Morgan fingerprint density at radius 2 is 1.74 bits per heavy atom. The number of anilines is 1. The van der Waals surface area contributed by atoms with Gasteiger partial charge >= 0.3 is 6.18 Å². The number of piperazine rings is 1. The van der Waals surface area contributed by atoms with Crippen LogP contribution in [0.2, 0.25) is 0 Å². The van der Waals surface area contributed by atoms with Gasteiger partial charge in [0.15, 0.2) is 5.82 Å². The quantitative estimate of drug-likeness (QED) is 0.455. The number of carbonyl (C=O) groups is 1. The monoisotopic (exact) mass is 541 g/mol. The van der Waals surface area contributed by atoms with E-state index < -0.39 is 11.7 Å². The first-order valence-corrected chi connectivity index (χ1v) is 12.9. The highest BCUT2D eigenvalue weighted by molar-refractivity contribution is 5.76. The molecule has 3 aromatic rings. The summed E-state index contributed by atoms with van der Waals surface area (Å²) < 4.78 is 46.0. The molecule has 10 heteroatoms.